The molecule has 0 aromatic heterocycles. The van der Waals surface area contributed by atoms with E-state index in [0.717, 1.165) is 6.42 Å². The maximum atomic E-state index is 6.15. The van der Waals surface area contributed by atoms with Crippen LogP contribution in [0.3, 0.4) is 0 Å². The molecule has 2 heteroatoms. The maximum absolute atomic E-state index is 6.15. The molecule has 0 N–H and O–H groups in total. The van der Waals surface area contributed by atoms with Crippen molar-refractivity contribution < 1.29 is 9.47 Å². The summed E-state index contributed by atoms with van der Waals surface area (Å²) in [5.41, 5.74) is 1.24. The molecule has 1 heterocycles. The number of hydrogen-bond acceptors (Lipinski definition) is 2. The SMILES string of the molecule is c1ccc([C@@H]2CO[C@@H]3CCCC[C@H]3O2)cc1. The third-order valence-electron chi connectivity index (χ3n) is 3.61. The summed E-state index contributed by atoms with van der Waals surface area (Å²) < 4.78 is 12.1. The van der Waals surface area contributed by atoms with Gasteiger partial charge in [-0.05, 0) is 18.4 Å². The molecule has 1 saturated heterocycles. The van der Waals surface area contributed by atoms with E-state index in [1.165, 1.54) is 24.8 Å². The van der Waals surface area contributed by atoms with Crippen LogP contribution in [0.2, 0.25) is 0 Å². The van der Waals surface area contributed by atoms with Gasteiger partial charge in [-0.15, -0.1) is 0 Å². The fourth-order valence-electron chi connectivity index (χ4n) is 2.71. The summed E-state index contributed by atoms with van der Waals surface area (Å²) in [7, 11) is 0. The number of rotatable bonds is 1. The highest BCUT2D eigenvalue weighted by atomic mass is 16.6. The largest absolute Gasteiger partial charge is 0.372 e. The minimum Gasteiger partial charge on any atom is -0.372 e. The Balaban J connectivity index is 1.71. The lowest BCUT2D eigenvalue weighted by Gasteiger charge is -2.39. The van der Waals surface area contributed by atoms with E-state index in [9.17, 15) is 0 Å². The minimum atomic E-state index is 0.139. The summed E-state index contributed by atoms with van der Waals surface area (Å²) in [4.78, 5) is 0. The maximum Gasteiger partial charge on any atom is 0.106 e. The fourth-order valence-corrected chi connectivity index (χ4v) is 2.71. The van der Waals surface area contributed by atoms with E-state index < -0.39 is 0 Å². The van der Waals surface area contributed by atoms with Crippen molar-refractivity contribution in [2.24, 2.45) is 0 Å². The lowest BCUT2D eigenvalue weighted by molar-refractivity contribution is -0.194. The Labute approximate surface area is 96.6 Å². The van der Waals surface area contributed by atoms with Gasteiger partial charge in [0.1, 0.15) is 6.10 Å². The molecular weight excluding hydrogens is 200 g/mol. The van der Waals surface area contributed by atoms with Crippen LogP contribution >= 0.6 is 0 Å². The molecule has 0 spiro atoms. The molecule has 2 fully saturated rings. The monoisotopic (exact) mass is 218 g/mol. The van der Waals surface area contributed by atoms with Crippen molar-refractivity contribution in [2.75, 3.05) is 6.61 Å². The Hall–Kier alpha value is -0.860. The summed E-state index contributed by atoms with van der Waals surface area (Å²) in [6.07, 6.45) is 5.73. The van der Waals surface area contributed by atoms with E-state index in [0.29, 0.717) is 18.8 Å². The summed E-state index contributed by atoms with van der Waals surface area (Å²) in [6.45, 7) is 0.713. The summed E-state index contributed by atoms with van der Waals surface area (Å²) in [5, 5.41) is 0. The van der Waals surface area contributed by atoms with Crippen molar-refractivity contribution in [3.63, 3.8) is 0 Å². The van der Waals surface area contributed by atoms with Gasteiger partial charge in [0.2, 0.25) is 0 Å². The van der Waals surface area contributed by atoms with Gasteiger partial charge in [-0.2, -0.15) is 0 Å². The smallest absolute Gasteiger partial charge is 0.106 e. The predicted octanol–water partition coefficient (Wildman–Crippen LogP) is 3.09. The average Bonchev–Trinajstić information content (AvgIpc) is 2.39. The van der Waals surface area contributed by atoms with E-state index in [1.807, 2.05) is 6.07 Å². The number of fused-ring (bicyclic) bond motifs is 1. The second kappa shape index (κ2) is 4.56. The van der Waals surface area contributed by atoms with Gasteiger partial charge in [0.15, 0.2) is 0 Å². The molecule has 2 aliphatic rings. The van der Waals surface area contributed by atoms with Gasteiger partial charge in [0, 0.05) is 0 Å². The van der Waals surface area contributed by atoms with E-state index in [1.54, 1.807) is 0 Å². The first-order valence-electron chi connectivity index (χ1n) is 6.25. The molecule has 1 aliphatic heterocycles. The molecule has 0 unspecified atom stereocenters. The van der Waals surface area contributed by atoms with Gasteiger partial charge < -0.3 is 9.47 Å². The Kier molecular flexibility index (Phi) is 2.94. The molecule has 3 rings (SSSR count). The van der Waals surface area contributed by atoms with Crippen LogP contribution in [0.5, 0.6) is 0 Å². The van der Waals surface area contributed by atoms with Crippen LogP contribution in [0.4, 0.5) is 0 Å². The Morgan fingerprint density at radius 1 is 0.938 bits per heavy atom. The average molecular weight is 218 g/mol. The van der Waals surface area contributed by atoms with Crippen molar-refractivity contribution in [2.45, 2.75) is 44.0 Å². The van der Waals surface area contributed by atoms with Gasteiger partial charge >= 0.3 is 0 Å². The van der Waals surface area contributed by atoms with Gasteiger partial charge in [0.25, 0.3) is 0 Å². The molecule has 0 radical (unpaired) electrons. The minimum absolute atomic E-state index is 0.139. The molecule has 0 amide bonds. The van der Waals surface area contributed by atoms with Gasteiger partial charge in [-0.1, -0.05) is 43.2 Å². The zero-order chi connectivity index (χ0) is 10.8. The highest BCUT2D eigenvalue weighted by Crippen LogP contribution is 2.33. The molecule has 0 bridgehead atoms. The Morgan fingerprint density at radius 3 is 2.50 bits per heavy atom. The zero-order valence-corrected chi connectivity index (χ0v) is 9.47. The first-order valence-corrected chi connectivity index (χ1v) is 6.25. The molecular formula is C14H18O2. The molecule has 1 aliphatic carbocycles. The molecule has 86 valence electrons. The van der Waals surface area contributed by atoms with E-state index >= 15 is 0 Å². The van der Waals surface area contributed by atoms with Crippen LogP contribution in [0.25, 0.3) is 0 Å². The van der Waals surface area contributed by atoms with Crippen molar-refractivity contribution in [1.29, 1.82) is 0 Å². The predicted molar refractivity (Wildman–Crippen MR) is 62.3 cm³/mol. The zero-order valence-electron chi connectivity index (χ0n) is 9.47. The second-order valence-corrected chi connectivity index (χ2v) is 4.73. The highest BCUT2D eigenvalue weighted by Gasteiger charge is 2.34. The normalized spacial score (nSPS) is 34.4. The molecule has 1 aromatic rings. The molecule has 3 atom stereocenters. The van der Waals surface area contributed by atoms with Crippen LogP contribution in [0.15, 0.2) is 30.3 Å². The summed E-state index contributed by atoms with van der Waals surface area (Å²) in [5.74, 6) is 0. The third-order valence-corrected chi connectivity index (χ3v) is 3.61. The van der Waals surface area contributed by atoms with E-state index in [-0.39, 0.29) is 6.10 Å². The summed E-state index contributed by atoms with van der Waals surface area (Å²) >= 11 is 0. The fraction of sp³-hybridized carbons (Fsp3) is 0.571. The van der Waals surface area contributed by atoms with Gasteiger partial charge in [-0.25, -0.2) is 0 Å². The Morgan fingerprint density at radius 2 is 1.69 bits per heavy atom. The van der Waals surface area contributed by atoms with Crippen LogP contribution < -0.4 is 0 Å². The number of ether oxygens (including phenoxy) is 2. The van der Waals surface area contributed by atoms with E-state index in [2.05, 4.69) is 24.3 Å². The second-order valence-electron chi connectivity index (χ2n) is 4.73. The lowest BCUT2D eigenvalue weighted by atomic mass is 9.93. The van der Waals surface area contributed by atoms with Gasteiger partial charge in [0.05, 0.1) is 18.8 Å². The molecule has 2 nitrogen and oxygen atoms in total. The standard InChI is InChI=1S/C14H18O2/c1-2-6-11(7-3-1)14-10-15-12-8-4-5-9-13(12)16-14/h1-3,6-7,12-14H,4-5,8-10H2/t12-,13-,14+/m1/s1. The van der Waals surface area contributed by atoms with Crippen molar-refractivity contribution >= 4 is 0 Å². The van der Waals surface area contributed by atoms with Crippen molar-refractivity contribution in [3.05, 3.63) is 35.9 Å². The lowest BCUT2D eigenvalue weighted by Crippen LogP contribution is -2.41. The van der Waals surface area contributed by atoms with E-state index in [4.69, 9.17) is 9.47 Å². The number of benzene rings is 1. The Bertz CT molecular complexity index is 336. The summed E-state index contributed by atoms with van der Waals surface area (Å²) in [6, 6.07) is 10.4. The number of hydrogen-bond donors (Lipinski definition) is 0. The van der Waals surface area contributed by atoms with Crippen molar-refractivity contribution in [1.82, 2.24) is 0 Å². The topological polar surface area (TPSA) is 18.5 Å². The quantitative estimate of drug-likeness (QED) is 0.721. The van der Waals surface area contributed by atoms with Gasteiger partial charge in [-0.3, -0.25) is 0 Å². The third kappa shape index (κ3) is 2.00. The van der Waals surface area contributed by atoms with Crippen LogP contribution in [-0.4, -0.2) is 18.8 Å². The molecule has 1 saturated carbocycles. The van der Waals surface area contributed by atoms with Crippen LogP contribution in [0.1, 0.15) is 37.4 Å². The molecule has 1 aromatic carbocycles. The first kappa shape index (κ1) is 10.3. The first-order chi connectivity index (χ1) is 7.93. The van der Waals surface area contributed by atoms with Crippen LogP contribution in [-0.2, 0) is 9.47 Å². The van der Waals surface area contributed by atoms with Crippen molar-refractivity contribution in [3.8, 4) is 0 Å². The van der Waals surface area contributed by atoms with Crippen LogP contribution in [0, 0.1) is 0 Å². The molecule has 16 heavy (non-hydrogen) atoms. The highest BCUT2D eigenvalue weighted by molar-refractivity contribution is 5.18.